The Balaban J connectivity index is 1.46. The average molecular weight is 420 g/mol. The SMILES string of the molecule is Oc1ccc(-c2ccc(O)c(-c3nc4ccccc4o3)c2)cc1-c1nc2ccccc2o1. The Morgan fingerprint density at radius 2 is 0.969 bits per heavy atom. The molecule has 0 aliphatic rings. The van der Waals surface area contributed by atoms with Crippen molar-refractivity contribution in [3.05, 3.63) is 84.9 Å². The van der Waals surface area contributed by atoms with Crippen LogP contribution in [0.2, 0.25) is 0 Å². The molecule has 154 valence electrons. The van der Waals surface area contributed by atoms with Gasteiger partial charge in [0.15, 0.2) is 11.2 Å². The Hall–Kier alpha value is -4.58. The molecule has 0 fully saturated rings. The predicted octanol–water partition coefficient (Wildman–Crippen LogP) is 6.38. The summed E-state index contributed by atoms with van der Waals surface area (Å²) >= 11 is 0. The van der Waals surface area contributed by atoms with Crippen LogP contribution in [0.4, 0.5) is 0 Å². The monoisotopic (exact) mass is 420 g/mol. The van der Waals surface area contributed by atoms with Crippen LogP contribution in [0.25, 0.3) is 56.2 Å². The van der Waals surface area contributed by atoms with Gasteiger partial charge in [0.2, 0.25) is 11.8 Å². The van der Waals surface area contributed by atoms with Crippen molar-refractivity contribution >= 4 is 22.2 Å². The second-order valence-electron chi connectivity index (χ2n) is 7.44. The molecule has 0 saturated heterocycles. The fourth-order valence-electron chi connectivity index (χ4n) is 3.75. The molecule has 2 N–H and O–H groups in total. The lowest BCUT2D eigenvalue weighted by Gasteiger charge is -2.08. The van der Waals surface area contributed by atoms with Crippen molar-refractivity contribution in [1.82, 2.24) is 9.97 Å². The third-order valence-corrected chi connectivity index (χ3v) is 5.38. The molecule has 0 atom stereocenters. The maximum Gasteiger partial charge on any atom is 0.231 e. The van der Waals surface area contributed by atoms with E-state index in [1.165, 1.54) is 0 Å². The van der Waals surface area contributed by atoms with Crippen molar-refractivity contribution in [2.45, 2.75) is 0 Å². The van der Waals surface area contributed by atoms with Gasteiger partial charge in [-0.05, 0) is 59.7 Å². The van der Waals surface area contributed by atoms with Gasteiger partial charge in [0.1, 0.15) is 22.5 Å². The number of phenolic OH excluding ortho intramolecular Hbond substituents is 2. The number of aromatic hydroxyl groups is 2. The number of oxazole rings is 2. The van der Waals surface area contributed by atoms with Crippen LogP contribution < -0.4 is 0 Å². The first kappa shape index (κ1) is 18.2. The Labute approximate surface area is 182 Å². The van der Waals surface area contributed by atoms with E-state index in [2.05, 4.69) is 9.97 Å². The molecule has 0 aliphatic heterocycles. The highest BCUT2D eigenvalue weighted by Gasteiger charge is 2.16. The summed E-state index contributed by atoms with van der Waals surface area (Å²) in [4.78, 5) is 8.98. The van der Waals surface area contributed by atoms with Crippen LogP contribution in [0.3, 0.4) is 0 Å². The second kappa shape index (κ2) is 6.99. The van der Waals surface area contributed by atoms with Crippen molar-refractivity contribution in [3.63, 3.8) is 0 Å². The Morgan fingerprint density at radius 3 is 1.41 bits per heavy atom. The van der Waals surface area contributed by atoms with E-state index in [9.17, 15) is 10.2 Å². The summed E-state index contributed by atoms with van der Waals surface area (Å²) in [5.41, 5.74) is 5.33. The first-order valence-corrected chi connectivity index (χ1v) is 10.0. The van der Waals surface area contributed by atoms with Gasteiger partial charge >= 0.3 is 0 Å². The molecule has 0 bridgehead atoms. The number of phenols is 2. The molecular formula is C26H16N2O4. The Kier molecular flexibility index (Phi) is 3.98. The quantitative estimate of drug-likeness (QED) is 0.345. The predicted molar refractivity (Wildman–Crippen MR) is 121 cm³/mol. The largest absolute Gasteiger partial charge is 0.507 e. The minimum Gasteiger partial charge on any atom is -0.507 e. The van der Waals surface area contributed by atoms with Crippen LogP contribution in [0.5, 0.6) is 11.5 Å². The van der Waals surface area contributed by atoms with Crippen molar-refractivity contribution < 1.29 is 19.0 Å². The number of rotatable bonds is 3. The third-order valence-electron chi connectivity index (χ3n) is 5.38. The van der Waals surface area contributed by atoms with Gasteiger partial charge in [-0.3, -0.25) is 0 Å². The van der Waals surface area contributed by atoms with E-state index >= 15 is 0 Å². The molecule has 0 aliphatic carbocycles. The smallest absolute Gasteiger partial charge is 0.231 e. The zero-order valence-corrected chi connectivity index (χ0v) is 16.7. The highest BCUT2D eigenvalue weighted by molar-refractivity contribution is 5.82. The standard InChI is InChI=1S/C26H16N2O4/c29-21-11-9-15(13-17(21)25-27-19-5-1-3-7-23(19)31-25)16-10-12-22(30)18(14-16)26-28-20-6-2-4-8-24(20)32-26/h1-14,29-30H. The minimum absolute atomic E-state index is 0.0678. The summed E-state index contributed by atoms with van der Waals surface area (Å²) < 4.78 is 11.7. The van der Waals surface area contributed by atoms with E-state index < -0.39 is 0 Å². The molecule has 0 radical (unpaired) electrons. The van der Waals surface area contributed by atoms with Crippen molar-refractivity contribution in [2.75, 3.05) is 0 Å². The molecule has 0 unspecified atom stereocenters. The van der Waals surface area contributed by atoms with Crippen molar-refractivity contribution in [2.24, 2.45) is 0 Å². The average Bonchev–Trinajstić information content (AvgIpc) is 3.44. The fourth-order valence-corrected chi connectivity index (χ4v) is 3.75. The number of hydrogen-bond donors (Lipinski definition) is 2. The molecule has 6 rings (SSSR count). The van der Waals surface area contributed by atoms with Crippen molar-refractivity contribution in [1.29, 1.82) is 0 Å². The maximum atomic E-state index is 10.5. The van der Waals surface area contributed by atoms with Gasteiger partial charge < -0.3 is 19.0 Å². The van der Waals surface area contributed by atoms with Crippen molar-refractivity contribution in [3.8, 4) is 45.5 Å². The molecule has 6 aromatic rings. The molecule has 0 amide bonds. The van der Waals surface area contributed by atoms with Gasteiger partial charge in [0, 0.05) is 0 Å². The molecule has 32 heavy (non-hydrogen) atoms. The highest BCUT2D eigenvalue weighted by atomic mass is 16.4. The van der Waals surface area contributed by atoms with E-state index in [-0.39, 0.29) is 11.5 Å². The number of benzene rings is 4. The molecule has 6 heteroatoms. The molecule has 2 heterocycles. The van der Waals surface area contributed by atoms with E-state index in [1.807, 2.05) is 60.7 Å². The van der Waals surface area contributed by atoms with Gasteiger partial charge in [0.05, 0.1) is 11.1 Å². The normalized spacial score (nSPS) is 11.4. The van der Waals surface area contributed by atoms with Gasteiger partial charge in [-0.15, -0.1) is 0 Å². The number of fused-ring (bicyclic) bond motifs is 2. The van der Waals surface area contributed by atoms with Gasteiger partial charge in [-0.25, -0.2) is 9.97 Å². The summed E-state index contributed by atoms with van der Waals surface area (Å²) in [6.07, 6.45) is 0. The minimum atomic E-state index is 0.0678. The van der Waals surface area contributed by atoms with E-state index in [0.29, 0.717) is 34.1 Å². The molecular weight excluding hydrogens is 404 g/mol. The zero-order chi connectivity index (χ0) is 21.7. The van der Waals surface area contributed by atoms with E-state index in [4.69, 9.17) is 8.83 Å². The third kappa shape index (κ3) is 2.97. The maximum absolute atomic E-state index is 10.5. The first-order valence-electron chi connectivity index (χ1n) is 10.0. The number of hydrogen-bond acceptors (Lipinski definition) is 6. The topological polar surface area (TPSA) is 92.5 Å². The molecule has 0 spiro atoms. The van der Waals surface area contributed by atoms with Gasteiger partial charge in [0.25, 0.3) is 0 Å². The molecule has 6 nitrogen and oxygen atoms in total. The Morgan fingerprint density at radius 1 is 0.531 bits per heavy atom. The summed E-state index contributed by atoms with van der Waals surface area (Å²) in [6, 6.07) is 25.3. The molecule has 4 aromatic carbocycles. The summed E-state index contributed by atoms with van der Waals surface area (Å²) in [5, 5.41) is 20.9. The van der Waals surface area contributed by atoms with Crippen LogP contribution in [0, 0.1) is 0 Å². The zero-order valence-electron chi connectivity index (χ0n) is 16.7. The van der Waals surface area contributed by atoms with Crippen LogP contribution in [0.1, 0.15) is 0 Å². The number of aromatic nitrogens is 2. The van der Waals surface area contributed by atoms with Crippen LogP contribution >= 0.6 is 0 Å². The van der Waals surface area contributed by atoms with Crippen LogP contribution in [-0.4, -0.2) is 20.2 Å². The van der Waals surface area contributed by atoms with Crippen LogP contribution in [-0.2, 0) is 0 Å². The summed E-state index contributed by atoms with van der Waals surface area (Å²) in [5.74, 6) is 0.809. The lowest BCUT2D eigenvalue weighted by molar-refractivity contribution is 0.473. The van der Waals surface area contributed by atoms with Gasteiger partial charge in [-0.1, -0.05) is 36.4 Å². The number of nitrogens with zero attached hydrogens (tertiary/aromatic N) is 2. The molecule has 0 saturated carbocycles. The lowest BCUT2D eigenvalue weighted by Crippen LogP contribution is -1.85. The summed E-state index contributed by atoms with van der Waals surface area (Å²) in [6.45, 7) is 0. The highest BCUT2D eigenvalue weighted by Crippen LogP contribution is 2.38. The first-order chi connectivity index (χ1) is 15.7. The lowest BCUT2D eigenvalue weighted by atomic mass is 10.00. The van der Waals surface area contributed by atoms with Crippen LogP contribution in [0.15, 0.2) is 93.8 Å². The van der Waals surface area contributed by atoms with Gasteiger partial charge in [-0.2, -0.15) is 0 Å². The van der Waals surface area contributed by atoms with E-state index in [0.717, 1.165) is 22.2 Å². The van der Waals surface area contributed by atoms with E-state index in [1.54, 1.807) is 24.3 Å². The second-order valence-corrected chi connectivity index (χ2v) is 7.44. The number of para-hydroxylation sites is 4. The Bertz CT molecular complexity index is 1430. The molecule has 2 aromatic heterocycles. The fraction of sp³-hybridized carbons (Fsp3) is 0. The summed E-state index contributed by atoms with van der Waals surface area (Å²) in [7, 11) is 0.